The van der Waals surface area contributed by atoms with E-state index in [1.165, 1.54) is 27.8 Å². The van der Waals surface area contributed by atoms with Crippen LogP contribution in [0.25, 0.3) is 0 Å². The van der Waals surface area contributed by atoms with Crippen LogP contribution < -0.4 is 11.2 Å². The molecule has 0 fully saturated rings. The number of aryl methyl sites for hydroxylation is 1. The van der Waals surface area contributed by atoms with Crippen LogP contribution in [0.5, 0.6) is 0 Å². The van der Waals surface area contributed by atoms with Gasteiger partial charge in [0.05, 0.1) is 11.1 Å². The third kappa shape index (κ3) is 2.60. The van der Waals surface area contributed by atoms with Crippen molar-refractivity contribution in [3.8, 4) is 0 Å². The summed E-state index contributed by atoms with van der Waals surface area (Å²) in [5.41, 5.74) is -3.96. The molecular formula is C11H15N3O6. The summed E-state index contributed by atoms with van der Waals surface area (Å²) in [6.07, 6.45) is 0.780. The Balaban J connectivity index is 3.84. The van der Waals surface area contributed by atoms with Crippen molar-refractivity contribution in [2.45, 2.75) is 26.8 Å². The molecule has 1 aromatic rings. The summed E-state index contributed by atoms with van der Waals surface area (Å²) in [6, 6.07) is -1.51. The van der Waals surface area contributed by atoms with Crippen LogP contribution in [-0.2, 0) is 11.8 Å². The Morgan fingerprint density at radius 1 is 1.40 bits per heavy atom. The van der Waals surface area contributed by atoms with Gasteiger partial charge in [-0.15, -0.1) is 0 Å². The predicted molar refractivity (Wildman–Crippen MR) is 68.7 cm³/mol. The molecule has 0 saturated heterocycles. The number of carboxylic acid groups (broad SMARTS) is 1. The zero-order valence-corrected chi connectivity index (χ0v) is 11.5. The Morgan fingerprint density at radius 2 is 1.90 bits per heavy atom. The molecule has 0 bridgehead atoms. The van der Waals surface area contributed by atoms with Crippen molar-refractivity contribution in [2.75, 3.05) is 0 Å². The topological polar surface area (TPSA) is 124 Å². The van der Waals surface area contributed by atoms with E-state index in [1.807, 2.05) is 0 Å². The lowest BCUT2D eigenvalue weighted by Crippen LogP contribution is -2.48. The highest BCUT2D eigenvalue weighted by molar-refractivity contribution is 5.72. The van der Waals surface area contributed by atoms with Gasteiger partial charge in [0, 0.05) is 7.05 Å². The maximum Gasteiger partial charge on any atom is 0.350 e. The standard InChI is InChI=1S/C11H15N3O6/c1-11(2,3)7(9(16)17)13-8(15)6(14(19)20)5-12(4)10(13)18/h5,7H,1-4H3,(H,16,17). The molecule has 1 N–H and O–H groups in total. The summed E-state index contributed by atoms with van der Waals surface area (Å²) in [6.45, 7) is 4.57. The first-order valence-corrected chi connectivity index (χ1v) is 5.68. The van der Waals surface area contributed by atoms with Crippen LogP contribution in [0.4, 0.5) is 5.69 Å². The van der Waals surface area contributed by atoms with Gasteiger partial charge in [-0.05, 0) is 5.41 Å². The van der Waals surface area contributed by atoms with E-state index in [9.17, 15) is 29.6 Å². The molecule has 0 aliphatic heterocycles. The third-order valence-corrected chi connectivity index (χ3v) is 2.77. The summed E-state index contributed by atoms with van der Waals surface area (Å²) >= 11 is 0. The Bertz CT molecular complexity index is 679. The van der Waals surface area contributed by atoms with E-state index in [1.54, 1.807) is 0 Å². The maximum atomic E-state index is 12.0. The molecule has 1 unspecified atom stereocenters. The Kier molecular flexibility index (Phi) is 3.83. The van der Waals surface area contributed by atoms with Gasteiger partial charge in [-0.1, -0.05) is 20.8 Å². The van der Waals surface area contributed by atoms with Crippen molar-refractivity contribution >= 4 is 11.7 Å². The Hall–Kier alpha value is -2.45. The summed E-state index contributed by atoms with van der Waals surface area (Å²) < 4.78 is 1.24. The maximum absolute atomic E-state index is 12.0. The zero-order chi connectivity index (χ0) is 15.8. The number of aliphatic carboxylic acids is 1. The van der Waals surface area contributed by atoms with E-state index in [-0.39, 0.29) is 0 Å². The van der Waals surface area contributed by atoms with Gasteiger partial charge in [-0.25, -0.2) is 14.2 Å². The van der Waals surface area contributed by atoms with Crippen molar-refractivity contribution in [2.24, 2.45) is 12.5 Å². The molecule has 0 aliphatic carbocycles. The third-order valence-electron chi connectivity index (χ3n) is 2.77. The average molecular weight is 285 g/mol. The monoisotopic (exact) mass is 285 g/mol. The van der Waals surface area contributed by atoms with Crippen molar-refractivity contribution in [1.29, 1.82) is 0 Å². The lowest BCUT2D eigenvalue weighted by atomic mass is 9.86. The molecule has 20 heavy (non-hydrogen) atoms. The van der Waals surface area contributed by atoms with Crippen LogP contribution in [0.2, 0.25) is 0 Å². The van der Waals surface area contributed by atoms with E-state index in [0.717, 1.165) is 10.8 Å². The molecule has 110 valence electrons. The molecule has 0 aliphatic rings. The van der Waals surface area contributed by atoms with Gasteiger partial charge >= 0.3 is 22.9 Å². The molecule has 1 aromatic heterocycles. The molecule has 0 aromatic carbocycles. The van der Waals surface area contributed by atoms with Gasteiger partial charge in [0.2, 0.25) is 0 Å². The first-order valence-electron chi connectivity index (χ1n) is 5.68. The Morgan fingerprint density at radius 3 is 2.25 bits per heavy atom. The Labute approximate surface area is 113 Å². The van der Waals surface area contributed by atoms with E-state index >= 15 is 0 Å². The fourth-order valence-corrected chi connectivity index (χ4v) is 1.90. The first-order chi connectivity index (χ1) is 8.98. The van der Waals surface area contributed by atoms with Crippen LogP contribution in [0, 0.1) is 15.5 Å². The summed E-state index contributed by atoms with van der Waals surface area (Å²) in [7, 11) is 1.22. The number of nitro groups is 1. The molecule has 1 atom stereocenters. The summed E-state index contributed by atoms with van der Waals surface area (Å²) in [5, 5.41) is 20.1. The minimum absolute atomic E-state index is 0.417. The largest absolute Gasteiger partial charge is 0.480 e. The normalized spacial score (nSPS) is 13.0. The molecular weight excluding hydrogens is 270 g/mol. The van der Waals surface area contributed by atoms with Crippen molar-refractivity contribution in [3.05, 3.63) is 37.1 Å². The second-order valence-corrected chi connectivity index (χ2v) is 5.45. The highest BCUT2D eigenvalue weighted by Gasteiger charge is 2.37. The molecule has 0 radical (unpaired) electrons. The predicted octanol–water partition coefficient (Wildman–Crippen LogP) is 0.127. The highest BCUT2D eigenvalue weighted by atomic mass is 16.6. The van der Waals surface area contributed by atoms with Gasteiger partial charge < -0.3 is 5.11 Å². The van der Waals surface area contributed by atoms with Crippen LogP contribution in [-0.4, -0.2) is 25.1 Å². The van der Waals surface area contributed by atoms with Gasteiger partial charge in [0.15, 0.2) is 0 Å². The first kappa shape index (κ1) is 15.6. The quantitative estimate of drug-likeness (QED) is 0.621. The minimum Gasteiger partial charge on any atom is -0.480 e. The minimum atomic E-state index is -1.51. The number of hydrogen-bond acceptors (Lipinski definition) is 5. The SMILES string of the molecule is Cn1cc([N+](=O)[O-])c(=O)n(C(C(=O)O)C(C)(C)C)c1=O. The zero-order valence-electron chi connectivity index (χ0n) is 11.5. The van der Waals surface area contributed by atoms with Crippen molar-refractivity contribution in [3.63, 3.8) is 0 Å². The smallest absolute Gasteiger partial charge is 0.350 e. The van der Waals surface area contributed by atoms with Crippen LogP contribution in [0.1, 0.15) is 26.8 Å². The number of aromatic nitrogens is 2. The molecule has 9 nitrogen and oxygen atoms in total. The van der Waals surface area contributed by atoms with Crippen LogP contribution >= 0.6 is 0 Å². The van der Waals surface area contributed by atoms with Gasteiger partial charge in [0.1, 0.15) is 6.04 Å². The van der Waals surface area contributed by atoms with Crippen molar-refractivity contribution in [1.82, 2.24) is 9.13 Å². The molecule has 1 rings (SSSR count). The number of carbonyl (C=O) groups is 1. The summed E-state index contributed by atoms with van der Waals surface area (Å²) in [4.78, 5) is 45.2. The molecule has 0 saturated carbocycles. The highest BCUT2D eigenvalue weighted by Crippen LogP contribution is 2.28. The second-order valence-electron chi connectivity index (χ2n) is 5.45. The van der Waals surface area contributed by atoms with E-state index in [4.69, 9.17) is 0 Å². The molecule has 9 heteroatoms. The van der Waals surface area contributed by atoms with E-state index in [2.05, 4.69) is 0 Å². The number of rotatable bonds is 3. The van der Waals surface area contributed by atoms with E-state index in [0.29, 0.717) is 4.57 Å². The second kappa shape index (κ2) is 4.91. The van der Waals surface area contributed by atoms with Gasteiger partial charge in [-0.2, -0.15) is 0 Å². The molecule has 1 heterocycles. The number of hydrogen-bond donors (Lipinski definition) is 1. The number of carboxylic acids is 1. The lowest BCUT2D eigenvalue weighted by molar-refractivity contribution is -0.387. The molecule has 0 spiro atoms. The fourth-order valence-electron chi connectivity index (χ4n) is 1.90. The van der Waals surface area contributed by atoms with Crippen LogP contribution in [0.3, 0.4) is 0 Å². The van der Waals surface area contributed by atoms with Gasteiger partial charge in [-0.3, -0.25) is 19.5 Å². The van der Waals surface area contributed by atoms with Crippen LogP contribution in [0.15, 0.2) is 15.8 Å². The van der Waals surface area contributed by atoms with E-state index < -0.39 is 39.3 Å². The molecule has 0 amide bonds. The average Bonchev–Trinajstić information content (AvgIpc) is 2.26. The number of nitrogens with zero attached hydrogens (tertiary/aromatic N) is 3. The fraction of sp³-hybridized carbons (Fsp3) is 0.545. The summed E-state index contributed by atoms with van der Waals surface area (Å²) in [5.74, 6) is -1.41. The lowest BCUT2D eigenvalue weighted by Gasteiger charge is -2.27. The van der Waals surface area contributed by atoms with Crippen molar-refractivity contribution < 1.29 is 14.8 Å². The van der Waals surface area contributed by atoms with Gasteiger partial charge in [0.25, 0.3) is 0 Å².